The molecule has 0 fully saturated rings. The number of halogens is 5. The highest BCUT2D eigenvalue weighted by Crippen LogP contribution is 2.34. The molecule has 0 atom stereocenters. The van der Waals surface area contributed by atoms with Crippen LogP contribution in [-0.2, 0) is 10.9 Å². The van der Waals surface area contributed by atoms with E-state index in [1.54, 1.807) is 0 Å². The van der Waals surface area contributed by atoms with Crippen LogP contribution < -0.4 is 10.6 Å². The number of aromatic nitrogens is 2. The first-order valence-electron chi connectivity index (χ1n) is 7.74. The predicted molar refractivity (Wildman–Crippen MR) is 92.9 cm³/mol. The zero-order valence-corrected chi connectivity index (χ0v) is 15.2. The van der Waals surface area contributed by atoms with Gasteiger partial charge in [0.25, 0.3) is 5.91 Å². The lowest BCUT2D eigenvalue weighted by molar-refractivity contribution is -0.143. The van der Waals surface area contributed by atoms with E-state index in [4.69, 9.17) is 4.74 Å². The van der Waals surface area contributed by atoms with Crippen LogP contribution >= 0.6 is 12.4 Å². The van der Waals surface area contributed by atoms with Gasteiger partial charge in [-0.2, -0.15) is 18.3 Å². The van der Waals surface area contributed by atoms with E-state index in [0.29, 0.717) is 24.4 Å². The van der Waals surface area contributed by atoms with Gasteiger partial charge in [-0.15, -0.1) is 12.4 Å². The number of ether oxygens (including phenoxy) is 1. The van der Waals surface area contributed by atoms with E-state index in [2.05, 4.69) is 15.7 Å². The van der Waals surface area contributed by atoms with Crippen LogP contribution in [0, 0.1) is 5.82 Å². The van der Waals surface area contributed by atoms with Crippen molar-refractivity contribution in [2.24, 2.45) is 0 Å². The summed E-state index contributed by atoms with van der Waals surface area (Å²) < 4.78 is 59.5. The molecule has 0 aliphatic rings. The summed E-state index contributed by atoms with van der Waals surface area (Å²) in [4.78, 5) is 12.1. The highest BCUT2D eigenvalue weighted by molar-refractivity contribution is 5.95. The zero-order valence-electron chi connectivity index (χ0n) is 14.3. The lowest BCUT2D eigenvalue weighted by Crippen LogP contribution is -2.34. The van der Waals surface area contributed by atoms with Gasteiger partial charge in [0.05, 0.1) is 18.4 Å². The molecule has 0 unspecified atom stereocenters. The number of alkyl halides is 3. The summed E-state index contributed by atoms with van der Waals surface area (Å²) in [6, 6.07) is 4.90. The van der Waals surface area contributed by atoms with E-state index in [-0.39, 0.29) is 24.6 Å². The minimum Gasteiger partial charge on any atom is -0.383 e. The molecule has 27 heavy (non-hydrogen) atoms. The van der Waals surface area contributed by atoms with Gasteiger partial charge >= 0.3 is 6.18 Å². The zero-order chi connectivity index (χ0) is 19.2. The molecule has 1 aromatic carbocycles. The Morgan fingerprint density at radius 3 is 2.56 bits per heavy atom. The number of amides is 1. The summed E-state index contributed by atoms with van der Waals surface area (Å²) in [5.74, 6) is -1.82. The van der Waals surface area contributed by atoms with Gasteiger partial charge in [-0.1, -0.05) is 12.1 Å². The largest absolute Gasteiger partial charge is 0.434 e. The molecule has 1 aromatic heterocycles. The van der Waals surface area contributed by atoms with Crippen LogP contribution in [0.4, 0.5) is 17.6 Å². The first kappa shape index (κ1) is 22.9. The highest BCUT2D eigenvalue weighted by atomic mass is 35.5. The van der Waals surface area contributed by atoms with Crippen molar-refractivity contribution >= 4 is 18.3 Å². The van der Waals surface area contributed by atoms with E-state index >= 15 is 0 Å². The van der Waals surface area contributed by atoms with Crippen LogP contribution in [-0.4, -0.2) is 49.0 Å². The number of para-hydroxylation sites is 1. The van der Waals surface area contributed by atoms with Crippen LogP contribution in [0.2, 0.25) is 0 Å². The summed E-state index contributed by atoms with van der Waals surface area (Å²) in [6.45, 7) is 1.50. The van der Waals surface area contributed by atoms with E-state index in [0.717, 1.165) is 18.3 Å². The van der Waals surface area contributed by atoms with E-state index in [9.17, 15) is 22.4 Å². The van der Waals surface area contributed by atoms with Crippen LogP contribution in [0.25, 0.3) is 5.69 Å². The quantitative estimate of drug-likeness (QED) is 0.518. The Balaban J connectivity index is 0.00000364. The number of hydrogen-bond donors (Lipinski definition) is 2. The molecule has 0 saturated carbocycles. The minimum absolute atomic E-state index is 0. The number of hydrogen-bond acceptors (Lipinski definition) is 4. The molecule has 150 valence electrons. The number of methoxy groups -OCH3 is 1. The summed E-state index contributed by atoms with van der Waals surface area (Å²) >= 11 is 0. The molecule has 2 rings (SSSR count). The van der Waals surface area contributed by atoms with Gasteiger partial charge < -0.3 is 15.4 Å². The minimum atomic E-state index is -4.89. The van der Waals surface area contributed by atoms with E-state index in [1.165, 1.54) is 19.2 Å². The number of carbonyl (C=O) groups excluding carboxylic acids is 1. The Morgan fingerprint density at radius 2 is 1.93 bits per heavy atom. The second-order valence-corrected chi connectivity index (χ2v) is 5.27. The fraction of sp³-hybridized carbons (Fsp3) is 0.375. The predicted octanol–water partition coefficient (Wildman–Crippen LogP) is 2.42. The maximum absolute atomic E-state index is 13.9. The van der Waals surface area contributed by atoms with Gasteiger partial charge in [-0.25, -0.2) is 9.07 Å². The normalized spacial score (nSPS) is 11.1. The van der Waals surface area contributed by atoms with Crippen molar-refractivity contribution in [3.63, 3.8) is 0 Å². The van der Waals surface area contributed by atoms with Gasteiger partial charge in [0.1, 0.15) is 11.5 Å². The summed E-state index contributed by atoms with van der Waals surface area (Å²) in [6.07, 6.45) is -4.11. The Hall–Kier alpha value is -2.17. The fourth-order valence-corrected chi connectivity index (χ4v) is 2.25. The summed E-state index contributed by atoms with van der Waals surface area (Å²) in [5, 5.41) is 8.89. The standard InChI is InChI=1S/C16H18F4N4O2.ClH/c1-26-9-8-21-6-7-22-15(25)11-10-23-24(14(11)16(18,19)20)13-5-3-2-4-12(13)17;/h2-5,10,21H,6-9H2,1H3,(H,22,25);1H. The Labute approximate surface area is 159 Å². The average molecular weight is 411 g/mol. The number of rotatable bonds is 8. The van der Waals surface area contributed by atoms with Crippen LogP contribution in [0.1, 0.15) is 16.1 Å². The molecule has 0 saturated heterocycles. The number of benzene rings is 1. The highest BCUT2D eigenvalue weighted by Gasteiger charge is 2.40. The maximum atomic E-state index is 13.9. The second-order valence-electron chi connectivity index (χ2n) is 5.27. The molecule has 0 radical (unpaired) electrons. The number of carbonyl (C=O) groups is 1. The molecular formula is C16H19ClF4N4O2. The van der Waals surface area contributed by atoms with Gasteiger partial charge in [-0.3, -0.25) is 4.79 Å². The lowest BCUT2D eigenvalue weighted by atomic mass is 10.2. The molecular weight excluding hydrogens is 392 g/mol. The third kappa shape index (κ3) is 5.91. The monoisotopic (exact) mass is 410 g/mol. The van der Waals surface area contributed by atoms with Gasteiger partial charge in [-0.05, 0) is 12.1 Å². The van der Waals surface area contributed by atoms with E-state index in [1.807, 2.05) is 0 Å². The Kier molecular flexibility index (Phi) is 8.67. The second kappa shape index (κ2) is 10.2. The third-order valence-electron chi connectivity index (χ3n) is 3.43. The molecule has 2 aromatic rings. The average Bonchev–Trinajstić information content (AvgIpc) is 3.03. The first-order chi connectivity index (χ1) is 12.4. The summed E-state index contributed by atoms with van der Waals surface area (Å²) in [7, 11) is 1.54. The van der Waals surface area contributed by atoms with E-state index < -0.39 is 29.2 Å². The molecule has 1 amide bonds. The first-order valence-corrected chi connectivity index (χ1v) is 7.74. The van der Waals surface area contributed by atoms with Gasteiger partial charge in [0.15, 0.2) is 5.69 Å². The van der Waals surface area contributed by atoms with Gasteiger partial charge in [0.2, 0.25) is 0 Å². The molecule has 6 nitrogen and oxygen atoms in total. The molecule has 1 heterocycles. The molecule has 11 heteroatoms. The number of nitrogens with zero attached hydrogens (tertiary/aromatic N) is 2. The fourth-order valence-electron chi connectivity index (χ4n) is 2.25. The van der Waals surface area contributed by atoms with Crippen LogP contribution in [0.3, 0.4) is 0 Å². The van der Waals surface area contributed by atoms with Crippen molar-refractivity contribution in [1.29, 1.82) is 0 Å². The van der Waals surface area contributed by atoms with Gasteiger partial charge in [0, 0.05) is 26.7 Å². The summed E-state index contributed by atoms with van der Waals surface area (Å²) in [5.41, 5.74) is -2.38. The SMILES string of the molecule is COCCNCCNC(=O)c1cnn(-c2ccccc2F)c1C(F)(F)F.Cl. The lowest BCUT2D eigenvalue weighted by Gasteiger charge is -2.13. The van der Waals surface area contributed by atoms with Crippen molar-refractivity contribution in [2.75, 3.05) is 33.4 Å². The Bertz CT molecular complexity index is 752. The smallest absolute Gasteiger partial charge is 0.383 e. The molecule has 0 spiro atoms. The van der Waals surface area contributed by atoms with Crippen molar-refractivity contribution in [1.82, 2.24) is 20.4 Å². The third-order valence-corrected chi connectivity index (χ3v) is 3.43. The van der Waals surface area contributed by atoms with Crippen molar-refractivity contribution in [3.05, 3.63) is 47.5 Å². The van der Waals surface area contributed by atoms with Crippen molar-refractivity contribution in [2.45, 2.75) is 6.18 Å². The molecule has 2 N–H and O–H groups in total. The topological polar surface area (TPSA) is 68.2 Å². The van der Waals surface area contributed by atoms with Crippen LogP contribution in [0.15, 0.2) is 30.5 Å². The molecule has 0 aliphatic heterocycles. The Morgan fingerprint density at radius 1 is 1.22 bits per heavy atom. The molecule has 0 aliphatic carbocycles. The van der Waals surface area contributed by atoms with Crippen LogP contribution in [0.5, 0.6) is 0 Å². The maximum Gasteiger partial charge on any atom is 0.434 e. The van der Waals surface area contributed by atoms with Crippen molar-refractivity contribution < 1.29 is 27.1 Å². The van der Waals surface area contributed by atoms with Crippen molar-refractivity contribution in [3.8, 4) is 5.69 Å². The number of nitrogens with one attached hydrogen (secondary N) is 2. The molecule has 0 bridgehead atoms.